The average molecular weight is 579 g/mol. The standard InChI is InChI=1S/C27H35BrN2O7/c1-5-35-25-21(28)14-18(15-22(25)34-4)24-19(26(32)36-6-2)16-29(17-20(24)27(33)37-7-3)11-9-13-30-12-8-10-23(30)31/h14-17,24H,5-13H2,1-4H3. The Kier molecular flexibility index (Phi) is 10.4. The van der Waals surface area contributed by atoms with Gasteiger partial charge in [0.2, 0.25) is 5.91 Å². The van der Waals surface area contributed by atoms with Gasteiger partial charge in [0.1, 0.15) is 0 Å². The first-order chi connectivity index (χ1) is 17.8. The summed E-state index contributed by atoms with van der Waals surface area (Å²) in [5, 5.41) is 0. The molecule has 2 aliphatic rings. The number of hydrogen-bond donors (Lipinski definition) is 0. The number of rotatable bonds is 12. The molecule has 1 aromatic carbocycles. The fourth-order valence-electron chi connectivity index (χ4n) is 4.54. The second-order valence-electron chi connectivity index (χ2n) is 8.59. The zero-order chi connectivity index (χ0) is 26.9. The monoisotopic (exact) mass is 578 g/mol. The fraction of sp³-hybridized carbons (Fsp3) is 0.519. The van der Waals surface area contributed by atoms with Crippen LogP contribution < -0.4 is 9.47 Å². The molecular formula is C27H35BrN2O7. The molecule has 1 saturated heterocycles. The summed E-state index contributed by atoms with van der Waals surface area (Å²) in [4.78, 5) is 42.0. The van der Waals surface area contributed by atoms with Crippen LogP contribution in [0.2, 0.25) is 0 Å². The lowest BCUT2D eigenvalue weighted by Gasteiger charge is -2.31. The van der Waals surface area contributed by atoms with Gasteiger partial charge in [-0.3, -0.25) is 4.79 Å². The van der Waals surface area contributed by atoms with Crippen LogP contribution in [0.1, 0.15) is 51.5 Å². The van der Waals surface area contributed by atoms with Gasteiger partial charge in [-0.1, -0.05) is 0 Å². The van der Waals surface area contributed by atoms with Crippen molar-refractivity contribution >= 4 is 33.8 Å². The number of amides is 1. The first-order valence-corrected chi connectivity index (χ1v) is 13.4. The molecule has 202 valence electrons. The summed E-state index contributed by atoms with van der Waals surface area (Å²) in [6, 6.07) is 3.57. The van der Waals surface area contributed by atoms with E-state index in [0.717, 1.165) is 13.0 Å². The van der Waals surface area contributed by atoms with Crippen LogP contribution in [-0.2, 0) is 23.9 Å². The Morgan fingerprint density at radius 2 is 1.65 bits per heavy atom. The summed E-state index contributed by atoms with van der Waals surface area (Å²) < 4.78 is 22.7. The summed E-state index contributed by atoms with van der Waals surface area (Å²) in [7, 11) is 1.53. The summed E-state index contributed by atoms with van der Waals surface area (Å²) in [6.45, 7) is 8.06. The van der Waals surface area contributed by atoms with Crippen molar-refractivity contribution in [1.82, 2.24) is 9.80 Å². The number of benzene rings is 1. The SMILES string of the molecule is CCOC(=O)C1=CN(CCCN2CCCC2=O)C=C(C(=O)OCC)C1c1cc(Br)c(OCC)c(OC)c1. The quantitative estimate of drug-likeness (QED) is 0.341. The maximum absolute atomic E-state index is 13.2. The zero-order valence-electron chi connectivity index (χ0n) is 21.9. The smallest absolute Gasteiger partial charge is 0.336 e. The highest BCUT2D eigenvalue weighted by molar-refractivity contribution is 9.10. The van der Waals surface area contributed by atoms with Gasteiger partial charge in [-0.15, -0.1) is 0 Å². The molecule has 0 aliphatic carbocycles. The maximum Gasteiger partial charge on any atom is 0.336 e. The van der Waals surface area contributed by atoms with E-state index in [2.05, 4.69) is 15.9 Å². The van der Waals surface area contributed by atoms with E-state index in [1.165, 1.54) is 7.11 Å². The van der Waals surface area contributed by atoms with Crippen molar-refractivity contribution in [1.29, 1.82) is 0 Å². The first kappa shape index (κ1) is 28.6. The summed E-state index contributed by atoms with van der Waals surface area (Å²) >= 11 is 3.55. The highest BCUT2D eigenvalue weighted by Crippen LogP contribution is 2.44. The second kappa shape index (κ2) is 13.5. The van der Waals surface area contributed by atoms with Crippen molar-refractivity contribution in [2.75, 3.05) is 46.6 Å². The molecule has 10 heteroatoms. The van der Waals surface area contributed by atoms with Crippen molar-refractivity contribution in [3.63, 3.8) is 0 Å². The minimum absolute atomic E-state index is 0.166. The van der Waals surface area contributed by atoms with Gasteiger partial charge in [0, 0.05) is 38.5 Å². The Hall–Kier alpha value is -3.01. The largest absolute Gasteiger partial charge is 0.493 e. The molecule has 2 heterocycles. The fourth-order valence-corrected chi connectivity index (χ4v) is 5.12. The molecule has 1 amide bonds. The van der Waals surface area contributed by atoms with Gasteiger partial charge >= 0.3 is 11.9 Å². The number of ether oxygens (including phenoxy) is 4. The Labute approximate surface area is 226 Å². The van der Waals surface area contributed by atoms with Crippen molar-refractivity contribution in [3.8, 4) is 11.5 Å². The van der Waals surface area contributed by atoms with Crippen LogP contribution in [0.4, 0.5) is 0 Å². The Bertz CT molecular complexity index is 1030. The second-order valence-corrected chi connectivity index (χ2v) is 9.44. The van der Waals surface area contributed by atoms with Crippen molar-refractivity contribution < 1.29 is 33.3 Å². The Morgan fingerprint density at radius 1 is 1.00 bits per heavy atom. The molecule has 0 radical (unpaired) electrons. The van der Waals surface area contributed by atoms with Crippen molar-refractivity contribution in [2.45, 2.75) is 46.0 Å². The highest BCUT2D eigenvalue weighted by Gasteiger charge is 2.36. The lowest BCUT2D eigenvalue weighted by atomic mass is 9.83. The number of methoxy groups -OCH3 is 1. The molecule has 0 unspecified atom stereocenters. The predicted molar refractivity (Wildman–Crippen MR) is 141 cm³/mol. The Balaban J connectivity index is 2.01. The normalized spacial score (nSPS) is 15.9. The van der Waals surface area contributed by atoms with Gasteiger partial charge in [-0.2, -0.15) is 0 Å². The van der Waals surface area contributed by atoms with Gasteiger partial charge < -0.3 is 28.7 Å². The van der Waals surface area contributed by atoms with Crippen LogP contribution in [0.25, 0.3) is 0 Å². The molecule has 37 heavy (non-hydrogen) atoms. The first-order valence-electron chi connectivity index (χ1n) is 12.7. The number of esters is 2. The molecule has 0 atom stereocenters. The molecule has 0 bridgehead atoms. The van der Waals surface area contributed by atoms with Crippen molar-refractivity contribution in [3.05, 3.63) is 45.7 Å². The summed E-state index contributed by atoms with van der Waals surface area (Å²) in [5.41, 5.74) is 1.26. The van der Waals surface area contributed by atoms with E-state index in [1.54, 1.807) is 37.2 Å². The molecule has 0 spiro atoms. The van der Waals surface area contributed by atoms with E-state index < -0.39 is 17.9 Å². The summed E-state index contributed by atoms with van der Waals surface area (Å²) in [5.74, 6) is -0.617. The van der Waals surface area contributed by atoms with E-state index >= 15 is 0 Å². The van der Waals surface area contributed by atoms with Gasteiger partial charge in [0.15, 0.2) is 11.5 Å². The Morgan fingerprint density at radius 3 is 2.16 bits per heavy atom. The maximum atomic E-state index is 13.2. The molecule has 2 aliphatic heterocycles. The van der Waals surface area contributed by atoms with E-state index in [9.17, 15) is 14.4 Å². The number of halogens is 1. The minimum atomic E-state index is -0.740. The van der Waals surface area contributed by atoms with Gasteiger partial charge in [-0.05, 0) is 67.2 Å². The molecule has 3 rings (SSSR count). The number of likely N-dealkylation sites (tertiary alicyclic amines) is 1. The van der Waals surface area contributed by atoms with E-state index in [-0.39, 0.29) is 19.1 Å². The van der Waals surface area contributed by atoms with E-state index in [1.807, 2.05) is 17.9 Å². The molecule has 0 N–H and O–H groups in total. The lowest BCUT2D eigenvalue weighted by Crippen LogP contribution is -2.32. The highest BCUT2D eigenvalue weighted by atomic mass is 79.9. The average Bonchev–Trinajstić information content (AvgIpc) is 3.29. The van der Waals surface area contributed by atoms with E-state index in [4.69, 9.17) is 18.9 Å². The van der Waals surface area contributed by atoms with Crippen LogP contribution in [0.3, 0.4) is 0 Å². The number of nitrogens with zero attached hydrogens (tertiary/aromatic N) is 2. The van der Waals surface area contributed by atoms with Crippen molar-refractivity contribution in [2.24, 2.45) is 0 Å². The van der Waals surface area contributed by atoms with Crippen LogP contribution in [0.15, 0.2) is 40.2 Å². The number of carbonyl (C=O) groups excluding carboxylic acids is 3. The molecule has 9 nitrogen and oxygen atoms in total. The number of carbonyl (C=O) groups is 3. The lowest BCUT2D eigenvalue weighted by molar-refractivity contribution is -0.139. The molecular weight excluding hydrogens is 544 g/mol. The van der Waals surface area contributed by atoms with Crippen LogP contribution in [0, 0.1) is 0 Å². The van der Waals surface area contributed by atoms with E-state index in [0.29, 0.717) is 65.2 Å². The predicted octanol–water partition coefficient (Wildman–Crippen LogP) is 4.16. The minimum Gasteiger partial charge on any atom is -0.493 e. The van der Waals surface area contributed by atoms with Gasteiger partial charge in [0.05, 0.1) is 48.5 Å². The zero-order valence-corrected chi connectivity index (χ0v) is 23.5. The topological polar surface area (TPSA) is 94.6 Å². The third-order valence-corrected chi connectivity index (χ3v) is 6.73. The summed E-state index contributed by atoms with van der Waals surface area (Å²) in [6.07, 6.45) is 5.58. The molecule has 0 saturated carbocycles. The third-order valence-electron chi connectivity index (χ3n) is 6.14. The third kappa shape index (κ3) is 6.85. The molecule has 1 aromatic rings. The number of hydrogen-bond acceptors (Lipinski definition) is 8. The van der Waals surface area contributed by atoms with Crippen LogP contribution in [-0.4, -0.2) is 74.2 Å². The van der Waals surface area contributed by atoms with Crippen LogP contribution in [0.5, 0.6) is 11.5 Å². The molecule has 0 aromatic heterocycles. The van der Waals surface area contributed by atoms with Gasteiger partial charge in [-0.25, -0.2) is 9.59 Å². The van der Waals surface area contributed by atoms with Crippen LogP contribution >= 0.6 is 15.9 Å². The van der Waals surface area contributed by atoms with Gasteiger partial charge in [0.25, 0.3) is 0 Å². The molecule has 1 fully saturated rings.